The Morgan fingerprint density at radius 1 is 1.11 bits per heavy atom. The molecular formula is C24H23Cl2F3N4O3S. The van der Waals surface area contributed by atoms with Crippen molar-refractivity contribution in [3.05, 3.63) is 66.8 Å². The number of aryl methyl sites for hydroxylation is 1. The highest BCUT2D eigenvalue weighted by molar-refractivity contribution is 7.09. The van der Waals surface area contributed by atoms with Crippen molar-refractivity contribution in [1.29, 1.82) is 0 Å². The van der Waals surface area contributed by atoms with Gasteiger partial charge in [0.25, 0.3) is 0 Å². The van der Waals surface area contributed by atoms with E-state index in [1.807, 2.05) is 5.38 Å². The highest BCUT2D eigenvalue weighted by Gasteiger charge is 2.35. The fraction of sp³-hybridized carbons (Fsp3) is 0.458. The number of aromatic nitrogens is 3. The fourth-order valence-electron chi connectivity index (χ4n) is 4.46. The Morgan fingerprint density at radius 3 is 2.30 bits per heavy atom. The average Bonchev–Trinajstić information content (AvgIpc) is 3.43. The zero-order chi connectivity index (χ0) is 26.3. The van der Waals surface area contributed by atoms with Crippen molar-refractivity contribution < 1.29 is 27.4 Å². The van der Waals surface area contributed by atoms with Crippen molar-refractivity contribution in [2.75, 3.05) is 13.1 Å². The van der Waals surface area contributed by atoms with Crippen LogP contribution in [0.25, 0.3) is 0 Å². The maximum atomic E-state index is 12.9. The largest absolute Gasteiger partial charge is 0.435 e. The number of fused-ring (bicyclic) bond motifs is 1. The third kappa shape index (κ3) is 5.80. The molecule has 0 atom stereocenters. The minimum Gasteiger partial charge on any atom is -0.342 e. The average molecular weight is 575 g/mol. The Labute approximate surface area is 225 Å². The second-order valence-corrected chi connectivity index (χ2v) is 10.8. The number of thiazole rings is 1. The molecule has 0 bridgehead atoms. The van der Waals surface area contributed by atoms with Crippen LogP contribution in [0.4, 0.5) is 13.2 Å². The van der Waals surface area contributed by atoms with Crippen LogP contribution in [0.3, 0.4) is 0 Å². The van der Waals surface area contributed by atoms with Crippen molar-refractivity contribution in [2.24, 2.45) is 0 Å². The quantitative estimate of drug-likeness (QED) is 0.375. The van der Waals surface area contributed by atoms with Crippen LogP contribution in [0, 0.1) is 6.92 Å². The first-order chi connectivity index (χ1) is 17.6. The number of benzene rings is 1. The van der Waals surface area contributed by atoms with Crippen molar-refractivity contribution in [3.63, 3.8) is 0 Å². The number of hydrogen-bond acceptors (Lipinski definition) is 6. The molecule has 1 aromatic carbocycles. The Kier molecular flexibility index (Phi) is 7.52. The molecular weight excluding hydrogens is 552 g/mol. The minimum atomic E-state index is -4.54. The molecule has 1 fully saturated rings. The lowest BCUT2D eigenvalue weighted by Crippen LogP contribution is -2.40. The predicted molar refractivity (Wildman–Crippen MR) is 131 cm³/mol. The molecule has 7 nitrogen and oxygen atoms in total. The molecule has 5 rings (SSSR count). The van der Waals surface area contributed by atoms with Gasteiger partial charge in [-0.05, 0) is 49.1 Å². The zero-order valence-corrected chi connectivity index (χ0v) is 22.1. The van der Waals surface area contributed by atoms with Crippen LogP contribution < -0.4 is 0 Å². The van der Waals surface area contributed by atoms with E-state index in [9.17, 15) is 18.0 Å². The fourth-order valence-corrected chi connectivity index (χ4v) is 5.82. The molecule has 198 valence electrons. The molecule has 2 aliphatic rings. The Hall–Kier alpha value is -2.18. The Balaban J connectivity index is 1.16. The van der Waals surface area contributed by atoms with Crippen molar-refractivity contribution >= 4 is 40.4 Å². The van der Waals surface area contributed by atoms with E-state index in [1.54, 1.807) is 17.0 Å². The first kappa shape index (κ1) is 26.4. The van der Waals surface area contributed by atoms with Gasteiger partial charge in [0, 0.05) is 30.1 Å². The maximum absolute atomic E-state index is 12.9. The summed E-state index contributed by atoms with van der Waals surface area (Å²) < 4.78 is 51.7. The minimum absolute atomic E-state index is 0.173. The molecule has 0 radical (unpaired) electrons. The summed E-state index contributed by atoms with van der Waals surface area (Å²) in [7, 11) is 0. The molecule has 37 heavy (non-hydrogen) atoms. The number of piperidine rings is 1. The standard InChI is InChI=1S/C24H23Cl2F3N4O3S/c1-13-6-20(24(27,28)29)31-33(13)9-21(34)32-4-2-14(3-5-32)22-30-19(12-37-22)23-35-10-15-7-17(25)18(26)8-16(15)11-36-23/h6-8,12,14,23H,2-5,9-11H2,1H3. The third-order valence-corrected chi connectivity index (χ3v) is 8.31. The van der Waals surface area contributed by atoms with E-state index in [0.29, 0.717) is 60.6 Å². The number of nitrogens with zero attached hydrogens (tertiary/aromatic N) is 4. The number of carbonyl (C=O) groups is 1. The predicted octanol–water partition coefficient (Wildman–Crippen LogP) is 6.13. The van der Waals surface area contributed by atoms with E-state index < -0.39 is 18.2 Å². The van der Waals surface area contributed by atoms with E-state index in [-0.39, 0.29) is 18.4 Å². The summed E-state index contributed by atoms with van der Waals surface area (Å²) in [6.07, 6.45) is -3.74. The number of ether oxygens (including phenoxy) is 2. The number of amides is 1. The molecule has 0 aliphatic carbocycles. The lowest BCUT2D eigenvalue weighted by Gasteiger charge is -2.31. The lowest BCUT2D eigenvalue weighted by molar-refractivity contribution is -0.155. The van der Waals surface area contributed by atoms with Crippen LogP contribution in [-0.4, -0.2) is 38.7 Å². The van der Waals surface area contributed by atoms with Crippen LogP contribution in [0.15, 0.2) is 23.6 Å². The summed E-state index contributed by atoms with van der Waals surface area (Å²) in [4.78, 5) is 19.2. The van der Waals surface area contributed by atoms with Gasteiger partial charge in [-0.25, -0.2) is 4.98 Å². The Bertz CT molecular complexity index is 1270. The molecule has 1 saturated heterocycles. The van der Waals surface area contributed by atoms with E-state index in [1.165, 1.54) is 18.3 Å². The van der Waals surface area contributed by atoms with Gasteiger partial charge in [0.2, 0.25) is 12.2 Å². The molecule has 2 aromatic heterocycles. The van der Waals surface area contributed by atoms with E-state index in [2.05, 4.69) is 5.10 Å². The van der Waals surface area contributed by atoms with Crippen LogP contribution in [0.1, 0.15) is 58.3 Å². The molecule has 3 aromatic rings. The number of rotatable bonds is 4. The van der Waals surface area contributed by atoms with Gasteiger partial charge in [0.05, 0.1) is 28.3 Å². The molecule has 0 N–H and O–H groups in total. The summed E-state index contributed by atoms with van der Waals surface area (Å²) in [6.45, 7) is 2.93. The molecule has 1 amide bonds. The van der Waals surface area contributed by atoms with Crippen LogP contribution in [0.2, 0.25) is 10.0 Å². The van der Waals surface area contributed by atoms with Crippen LogP contribution >= 0.6 is 34.5 Å². The first-order valence-corrected chi connectivity index (χ1v) is 13.3. The van der Waals surface area contributed by atoms with Gasteiger partial charge in [0.15, 0.2) is 5.69 Å². The zero-order valence-electron chi connectivity index (χ0n) is 19.7. The molecule has 0 saturated carbocycles. The number of hydrogen-bond donors (Lipinski definition) is 0. The van der Waals surface area contributed by atoms with Crippen molar-refractivity contribution in [3.8, 4) is 0 Å². The number of halogens is 5. The molecule has 2 aliphatic heterocycles. The lowest BCUT2D eigenvalue weighted by atomic mass is 9.97. The van der Waals surface area contributed by atoms with Gasteiger partial charge < -0.3 is 14.4 Å². The van der Waals surface area contributed by atoms with Crippen molar-refractivity contribution in [1.82, 2.24) is 19.7 Å². The van der Waals surface area contributed by atoms with Gasteiger partial charge in [-0.2, -0.15) is 18.3 Å². The molecule has 4 heterocycles. The smallest absolute Gasteiger partial charge is 0.342 e. The summed E-state index contributed by atoms with van der Waals surface area (Å²) in [5.74, 6) is -0.0788. The van der Waals surface area contributed by atoms with Crippen LogP contribution in [0.5, 0.6) is 0 Å². The van der Waals surface area contributed by atoms with E-state index in [0.717, 1.165) is 26.9 Å². The molecule has 0 spiro atoms. The molecule has 13 heteroatoms. The topological polar surface area (TPSA) is 69.5 Å². The Morgan fingerprint density at radius 2 is 1.73 bits per heavy atom. The van der Waals surface area contributed by atoms with E-state index >= 15 is 0 Å². The number of likely N-dealkylation sites (tertiary alicyclic amines) is 1. The third-order valence-electron chi connectivity index (χ3n) is 6.56. The second kappa shape index (κ2) is 10.5. The second-order valence-electron chi connectivity index (χ2n) is 9.08. The highest BCUT2D eigenvalue weighted by atomic mass is 35.5. The van der Waals surface area contributed by atoms with Gasteiger partial charge in [-0.1, -0.05) is 23.2 Å². The van der Waals surface area contributed by atoms with Gasteiger partial charge in [0.1, 0.15) is 12.2 Å². The van der Waals surface area contributed by atoms with Gasteiger partial charge >= 0.3 is 6.18 Å². The SMILES string of the molecule is Cc1cc(C(F)(F)F)nn1CC(=O)N1CCC(c2nc(C3OCc4cc(Cl)c(Cl)cc4CO3)cs2)CC1. The summed E-state index contributed by atoms with van der Waals surface area (Å²) in [5, 5.41) is 7.35. The summed E-state index contributed by atoms with van der Waals surface area (Å²) in [6, 6.07) is 4.52. The highest BCUT2D eigenvalue weighted by Crippen LogP contribution is 2.36. The summed E-state index contributed by atoms with van der Waals surface area (Å²) >= 11 is 13.8. The summed E-state index contributed by atoms with van der Waals surface area (Å²) in [5.41, 5.74) is 1.84. The van der Waals surface area contributed by atoms with Crippen molar-refractivity contribution in [2.45, 2.75) is 57.9 Å². The first-order valence-electron chi connectivity index (χ1n) is 11.6. The van der Waals surface area contributed by atoms with Crippen LogP contribution in [-0.2, 0) is 40.2 Å². The van der Waals surface area contributed by atoms with E-state index in [4.69, 9.17) is 37.7 Å². The number of carbonyl (C=O) groups excluding carboxylic acids is 1. The normalized spacial score (nSPS) is 17.6. The molecule has 0 unspecified atom stereocenters. The van der Waals surface area contributed by atoms with Gasteiger partial charge in [-0.3, -0.25) is 9.48 Å². The van der Waals surface area contributed by atoms with Gasteiger partial charge in [-0.15, -0.1) is 11.3 Å². The monoisotopic (exact) mass is 574 g/mol. The maximum Gasteiger partial charge on any atom is 0.435 e. The number of alkyl halides is 3.